The maximum Gasteiger partial charge on any atom is 0.344 e. The quantitative estimate of drug-likeness (QED) is 0.637. The second-order valence-electron chi connectivity index (χ2n) is 10.3. The number of hydrazine groups is 1. The smallest absolute Gasteiger partial charge is 0.344 e. The molecule has 1 aromatic rings. The molecule has 1 heterocycles. The SMILES string of the molecule is CC[C@]1(C)NC(=O)N(NC(=O)CCc2cc(C(C)(C)C)c(O)c(C(C)(C)C)c2)C1=O. The fourth-order valence-corrected chi connectivity index (χ4v) is 3.45. The van der Waals surface area contributed by atoms with Crippen LogP contribution in [0, 0.1) is 0 Å². The van der Waals surface area contributed by atoms with Crippen molar-refractivity contribution in [3.05, 3.63) is 28.8 Å². The van der Waals surface area contributed by atoms with E-state index in [2.05, 4.69) is 10.7 Å². The highest BCUT2D eigenvalue weighted by Crippen LogP contribution is 2.40. The number of rotatable bonds is 5. The van der Waals surface area contributed by atoms with Crippen LogP contribution in [0.4, 0.5) is 4.79 Å². The zero-order valence-corrected chi connectivity index (χ0v) is 19.4. The number of carbonyl (C=O) groups excluding carboxylic acids is 3. The third kappa shape index (κ3) is 4.77. The van der Waals surface area contributed by atoms with Gasteiger partial charge in [-0.25, -0.2) is 4.79 Å². The van der Waals surface area contributed by atoms with Gasteiger partial charge < -0.3 is 10.4 Å². The number of carbonyl (C=O) groups is 3. The first-order valence-corrected chi connectivity index (χ1v) is 10.4. The minimum Gasteiger partial charge on any atom is -0.507 e. The van der Waals surface area contributed by atoms with Gasteiger partial charge >= 0.3 is 6.03 Å². The lowest BCUT2D eigenvalue weighted by molar-refractivity contribution is -0.138. The minimum absolute atomic E-state index is 0.109. The Morgan fingerprint density at radius 3 is 2.00 bits per heavy atom. The molecule has 1 atom stereocenters. The van der Waals surface area contributed by atoms with Crippen LogP contribution in [0.5, 0.6) is 5.75 Å². The van der Waals surface area contributed by atoms with Crippen LogP contribution in [0.15, 0.2) is 12.1 Å². The van der Waals surface area contributed by atoms with Gasteiger partial charge in [0.2, 0.25) is 5.91 Å². The van der Waals surface area contributed by atoms with Crippen molar-refractivity contribution in [2.75, 3.05) is 0 Å². The molecule has 30 heavy (non-hydrogen) atoms. The van der Waals surface area contributed by atoms with Crippen LogP contribution >= 0.6 is 0 Å². The molecule has 1 fully saturated rings. The monoisotopic (exact) mass is 417 g/mol. The van der Waals surface area contributed by atoms with E-state index >= 15 is 0 Å². The van der Waals surface area contributed by atoms with Crippen LogP contribution in [-0.4, -0.2) is 33.5 Å². The lowest BCUT2D eigenvalue weighted by Crippen LogP contribution is -2.48. The molecule has 7 nitrogen and oxygen atoms in total. The molecule has 0 spiro atoms. The Kier molecular flexibility index (Phi) is 6.27. The van der Waals surface area contributed by atoms with E-state index in [9.17, 15) is 19.5 Å². The summed E-state index contributed by atoms with van der Waals surface area (Å²) in [7, 11) is 0. The Morgan fingerprint density at radius 1 is 1.10 bits per heavy atom. The molecule has 0 aliphatic carbocycles. The molecule has 1 aliphatic rings. The summed E-state index contributed by atoms with van der Waals surface area (Å²) in [6.45, 7) is 15.6. The van der Waals surface area contributed by atoms with Crippen molar-refractivity contribution in [3.63, 3.8) is 0 Å². The molecule has 166 valence electrons. The molecular formula is C23H35N3O4. The third-order valence-corrected chi connectivity index (χ3v) is 5.63. The summed E-state index contributed by atoms with van der Waals surface area (Å²) in [5.41, 5.74) is 3.50. The molecule has 0 saturated carbocycles. The van der Waals surface area contributed by atoms with Crippen molar-refractivity contribution in [2.24, 2.45) is 0 Å². The summed E-state index contributed by atoms with van der Waals surface area (Å²) in [6, 6.07) is 3.24. The van der Waals surface area contributed by atoms with E-state index in [-0.39, 0.29) is 17.3 Å². The van der Waals surface area contributed by atoms with Gasteiger partial charge in [-0.3, -0.25) is 15.0 Å². The van der Waals surface area contributed by atoms with Crippen LogP contribution in [0.25, 0.3) is 0 Å². The Bertz CT molecular complexity index is 829. The van der Waals surface area contributed by atoms with Gasteiger partial charge in [-0.15, -0.1) is 0 Å². The number of aromatic hydroxyl groups is 1. The number of hydrogen-bond acceptors (Lipinski definition) is 4. The molecule has 3 N–H and O–H groups in total. The highest BCUT2D eigenvalue weighted by atomic mass is 16.3. The minimum atomic E-state index is -0.995. The maximum absolute atomic E-state index is 12.5. The Morgan fingerprint density at radius 2 is 1.60 bits per heavy atom. The average Bonchev–Trinajstić information content (AvgIpc) is 2.82. The molecule has 0 bridgehead atoms. The van der Waals surface area contributed by atoms with E-state index < -0.39 is 23.4 Å². The molecule has 1 aromatic carbocycles. The second kappa shape index (κ2) is 7.93. The molecule has 0 unspecified atom stereocenters. The lowest BCUT2D eigenvalue weighted by atomic mass is 9.78. The summed E-state index contributed by atoms with van der Waals surface area (Å²) >= 11 is 0. The number of amides is 4. The third-order valence-electron chi connectivity index (χ3n) is 5.63. The topological polar surface area (TPSA) is 98.7 Å². The van der Waals surface area contributed by atoms with E-state index in [1.54, 1.807) is 13.8 Å². The first-order valence-electron chi connectivity index (χ1n) is 10.4. The number of phenolic OH excluding ortho intramolecular Hbond substituents is 1. The number of nitrogens with zero attached hydrogens (tertiary/aromatic N) is 1. The first kappa shape index (κ1) is 23.7. The molecule has 4 amide bonds. The van der Waals surface area contributed by atoms with Gasteiger partial charge in [0.1, 0.15) is 11.3 Å². The average molecular weight is 418 g/mol. The number of hydrogen-bond donors (Lipinski definition) is 3. The summed E-state index contributed by atoms with van der Waals surface area (Å²) in [5, 5.41) is 14.2. The zero-order chi connectivity index (χ0) is 23.1. The second-order valence-corrected chi connectivity index (χ2v) is 10.3. The van der Waals surface area contributed by atoms with Crippen molar-refractivity contribution in [1.29, 1.82) is 0 Å². The van der Waals surface area contributed by atoms with E-state index in [1.165, 1.54) is 0 Å². The van der Waals surface area contributed by atoms with E-state index in [0.717, 1.165) is 21.7 Å². The van der Waals surface area contributed by atoms with Crippen molar-refractivity contribution in [3.8, 4) is 5.75 Å². The van der Waals surface area contributed by atoms with Crippen molar-refractivity contribution in [1.82, 2.24) is 15.8 Å². The van der Waals surface area contributed by atoms with Crippen LogP contribution in [0.3, 0.4) is 0 Å². The Balaban J connectivity index is 2.18. The zero-order valence-electron chi connectivity index (χ0n) is 19.4. The number of imide groups is 1. The molecule has 1 saturated heterocycles. The first-order chi connectivity index (χ1) is 13.6. The Hall–Kier alpha value is -2.57. The highest BCUT2D eigenvalue weighted by molar-refractivity contribution is 6.07. The van der Waals surface area contributed by atoms with Crippen LogP contribution in [0.2, 0.25) is 0 Å². The molecule has 0 radical (unpaired) electrons. The normalized spacial score (nSPS) is 19.8. The highest BCUT2D eigenvalue weighted by Gasteiger charge is 2.47. The lowest BCUT2D eigenvalue weighted by Gasteiger charge is -2.28. The van der Waals surface area contributed by atoms with Crippen molar-refractivity contribution < 1.29 is 19.5 Å². The maximum atomic E-state index is 12.5. The summed E-state index contributed by atoms with van der Waals surface area (Å²) in [4.78, 5) is 37.0. The van der Waals surface area contributed by atoms with Gasteiger partial charge in [0.25, 0.3) is 5.91 Å². The molecular weight excluding hydrogens is 382 g/mol. The van der Waals surface area contributed by atoms with Gasteiger partial charge in [0.15, 0.2) is 0 Å². The van der Waals surface area contributed by atoms with Gasteiger partial charge in [-0.2, -0.15) is 5.01 Å². The summed E-state index contributed by atoms with van der Waals surface area (Å²) in [5.74, 6) is -0.582. The molecule has 7 heteroatoms. The number of phenols is 1. The number of urea groups is 1. The fourth-order valence-electron chi connectivity index (χ4n) is 3.45. The van der Waals surface area contributed by atoms with Crippen molar-refractivity contribution >= 4 is 17.8 Å². The standard InChI is InChI=1S/C23H35N3O4/c1-9-23(8)19(29)26(20(30)24-23)25-17(27)11-10-14-12-15(21(2,3)4)18(28)16(13-14)22(5,6)7/h12-13,28H,9-11H2,1-8H3,(H,24,30)(H,25,27)/t23-/m0/s1. The number of nitrogens with one attached hydrogen (secondary N) is 2. The van der Waals surface area contributed by atoms with Crippen molar-refractivity contribution in [2.45, 2.75) is 91.0 Å². The van der Waals surface area contributed by atoms with E-state index in [4.69, 9.17) is 0 Å². The summed E-state index contributed by atoms with van der Waals surface area (Å²) < 4.78 is 0. The van der Waals surface area contributed by atoms with Crippen LogP contribution < -0.4 is 10.7 Å². The van der Waals surface area contributed by atoms with Gasteiger partial charge in [-0.1, -0.05) is 60.6 Å². The predicted molar refractivity (Wildman–Crippen MR) is 116 cm³/mol. The molecule has 2 rings (SSSR count). The van der Waals surface area contributed by atoms with E-state index in [1.807, 2.05) is 53.7 Å². The van der Waals surface area contributed by atoms with Gasteiger partial charge in [0.05, 0.1) is 0 Å². The summed E-state index contributed by atoms with van der Waals surface area (Å²) in [6.07, 6.45) is 0.966. The fraction of sp³-hybridized carbons (Fsp3) is 0.609. The van der Waals surface area contributed by atoms with E-state index in [0.29, 0.717) is 18.6 Å². The van der Waals surface area contributed by atoms with Crippen LogP contribution in [-0.2, 0) is 26.8 Å². The van der Waals surface area contributed by atoms with Gasteiger partial charge in [-0.05, 0) is 47.3 Å². The molecule has 0 aromatic heterocycles. The predicted octanol–water partition coefficient (Wildman–Crippen LogP) is 3.67. The number of aryl methyl sites for hydroxylation is 1. The largest absolute Gasteiger partial charge is 0.507 e. The molecule has 1 aliphatic heterocycles. The number of benzene rings is 1. The van der Waals surface area contributed by atoms with Gasteiger partial charge in [0, 0.05) is 6.42 Å². The Labute approximate surface area is 179 Å². The van der Waals surface area contributed by atoms with Crippen LogP contribution in [0.1, 0.15) is 84.9 Å².